The Kier molecular flexibility index (Phi) is 10.0. The van der Waals surface area contributed by atoms with Crippen LogP contribution < -0.4 is 30.5 Å². The average molecular weight is 623 g/mol. The lowest BCUT2D eigenvalue weighted by atomic mass is 10.2. The van der Waals surface area contributed by atoms with Gasteiger partial charge in [-0.3, -0.25) is 19.3 Å². The number of methoxy groups -OCH3 is 1. The molecule has 44 heavy (non-hydrogen) atoms. The van der Waals surface area contributed by atoms with Crippen LogP contribution in [0.1, 0.15) is 29.8 Å². The molecule has 3 amide bonds. The van der Waals surface area contributed by atoms with Crippen molar-refractivity contribution in [2.24, 2.45) is 5.73 Å². The molecule has 2 saturated heterocycles. The number of anilines is 4. The predicted octanol–water partition coefficient (Wildman–Crippen LogP) is 1.81. The zero-order chi connectivity index (χ0) is 31.1. The second kappa shape index (κ2) is 14.3. The van der Waals surface area contributed by atoms with Crippen molar-refractivity contribution in [3.63, 3.8) is 0 Å². The molecule has 0 radical (unpaired) electrons. The average Bonchev–Trinajstić information content (AvgIpc) is 3.38. The number of carbonyl (C=O) groups is 3. The molecule has 2 aliphatic heterocycles. The van der Waals surface area contributed by atoms with Crippen molar-refractivity contribution in [1.82, 2.24) is 24.8 Å². The molecule has 5 rings (SSSR count). The highest BCUT2D eigenvalue weighted by Crippen LogP contribution is 2.32. The molecule has 2 aromatic heterocycles. The van der Waals surface area contributed by atoms with E-state index in [1.807, 2.05) is 23.1 Å². The van der Waals surface area contributed by atoms with Crippen LogP contribution in [0.25, 0.3) is 0 Å². The molecule has 0 bridgehead atoms. The highest BCUT2D eigenvalue weighted by atomic mass is 35.5. The molecule has 232 valence electrons. The third-order valence-electron chi connectivity index (χ3n) is 7.52. The first kappa shape index (κ1) is 30.9. The van der Waals surface area contributed by atoms with E-state index in [0.717, 1.165) is 55.5 Å². The molecule has 14 nitrogen and oxygen atoms in total. The van der Waals surface area contributed by atoms with Gasteiger partial charge in [-0.25, -0.2) is 19.9 Å². The number of carbonyl (C=O) groups excluding carboxylic acids is 3. The second-order valence-corrected chi connectivity index (χ2v) is 10.8. The van der Waals surface area contributed by atoms with Crippen LogP contribution in [0, 0.1) is 0 Å². The highest BCUT2D eigenvalue weighted by molar-refractivity contribution is 6.31. The van der Waals surface area contributed by atoms with Gasteiger partial charge in [-0.05, 0) is 37.2 Å². The molecule has 15 heteroatoms. The van der Waals surface area contributed by atoms with Crippen LogP contribution >= 0.6 is 11.6 Å². The van der Waals surface area contributed by atoms with E-state index in [1.54, 1.807) is 19.4 Å². The monoisotopic (exact) mass is 622 g/mol. The molecular formula is C29H35ClN10O4. The minimum absolute atomic E-state index is 0.115. The summed E-state index contributed by atoms with van der Waals surface area (Å²) < 4.78 is 5.54. The van der Waals surface area contributed by atoms with Crippen LogP contribution in [0.4, 0.5) is 23.4 Å². The number of nitrogens with zero attached hydrogens (tertiary/aromatic N) is 8. The maximum Gasteiger partial charge on any atom is 0.267 e. The lowest BCUT2D eigenvalue weighted by Crippen LogP contribution is -2.47. The smallest absolute Gasteiger partial charge is 0.267 e. The van der Waals surface area contributed by atoms with Crippen LogP contribution in [-0.4, -0.2) is 102 Å². The quantitative estimate of drug-likeness (QED) is 0.266. The Balaban J connectivity index is 1.22. The first-order valence-corrected chi connectivity index (χ1v) is 14.8. The number of imide groups is 1. The maximum atomic E-state index is 12.3. The Bertz CT molecular complexity index is 1480. The molecule has 2 fully saturated rings. The van der Waals surface area contributed by atoms with Gasteiger partial charge in [0.15, 0.2) is 0 Å². The van der Waals surface area contributed by atoms with E-state index in [0.29, 0.717) is 30.6 Å². The molecule has 0 saturated carbocycles. The third-order valence-corrected chi connectivity index (χ3v) is 7.76. The van der Waals surface area contributed by atoms with E-state index < -0.39 is 5.91 Å². The summed E-state index contributed by atoms with van der Waals surface area (Å²) in [6.07, 6.45) is 4.19. The number of halogens is 1. The first-order valence-electron chi connectivity index (χ1n) is 14.4. The Morgan fingerprint density at radius 1 is 1.02 bits per heavy atom. The van der Waals surface area contributed by atoms with Crippen molar-refractivity contribution < 1.29 is 19.1 Å². The Morgan fingerprint density at radius 3 is 2.50 bits per heavy atom. The van der Waals surface area contributed by atoms with Crippen molar-refractivity contribution in [3.8, 4) is 5.75 Å². The zero-order valence-electron chi connectivity index (χ0n) is 24.5. The first-order chi connectivity index (χ1) is 21.3. The van der Waals surface area contributed by atoms with E-state index in [-0.39, 0.29) is 42.1 Å². The summed E-state index contributed by atoms with van der Waals surface area (Å²) in [4.78, 5) is 61.3. The third kappa shape index (κ3) is 7.50. The lowest BCUT2D eigenvalue weighted by molar-refractivity contribution is -0.121. The van der Waals surface area contributed by atoms with E-state index >= 15 is 0 Å². The van der Waals surface area contributed by atoms with Gasteiger partial charge in [-0.15, -0.1) is 0 Å². The minimum Gasteiger partial charge on any atom is -0.495 e. The number of primary amides is 1. The normalized spacial score (nSPS) is 15.5. The molecule has 2 aliphatic rings. The molecule has 3 aromatic rings. The molecule has 0 aliphatic carbocycles. The van der Waals surface area contributed by atoms with Gasteiger partial charge in [0.05, 0.1) is 12.8 Å². The van der Waals surface area contributed by atoms with Gasteiger partial charge < -0.3 is 25.6 Å². The van der Waals surface area contributed by atoms with Crippen molar-refractivity contribution >= 4 is 52.7 Å². The number of benzene rings is 1. The number of rotatable bonds is 13. The summed E-state index contributed by atoms with van der Waals surface area (Å²) in [7, 11) is 1.66. The van der Waals surface area contributed by atoms with E-state index in [1.165, 1.54) is 12.3 Å². The number of ether oxygens (including phenoxy) is 1. The predicted molar refractivity (Wildman–Crippen MR) is 166 cm³/mol. The number of nitrogens with two attached hydrogens (primary N) is 1. The van der Waals surface area contributed by atoms with Crippen molar-refractivity contribution in [2.75, 3.05) is 79.5 Å². The molecule has 0 spiro atoms. The summed E-state index contributed by atoms with van der Waals surface area (Å²) in [5.74, 6) is 0.576. The Labute approximate surface area is 260 Å². The van der Waals surface area contributed by atoms with Crippen LogP contribution in [0.3, 0.4) is 0 Å². The van der Waals surface area contributed by atoms with Gasteiger partial charge >= 0.3 is 0 Å². The van der Waals surface area contributed by atoms with E-state index in [2.05, 4.69) is 35.1 Å². The molecule has 1 aromatic carbocycles. The number of piperazine rings is 1. The molecule has 0 atom stereocenters. The number of hydrogen-bond acceptors (Lipinski definition) is 12. The van der Waals surface area contributed by atoms with E-state index in [4.69, 9.17) is 22.1 Å². The van der Waals surface area contributed by atoms with Gasteiger partial charge in [0.25, 0.3) is 5.91 Å². The SMILES string of the molecule is COc1ccc(Cl)cc1N1CCN(CCCN(CCNc2nccc(C(N)=O)n2)c2nccc(N3C(=O)CCC3=O)n2)CC1. The van der Waals surface area contributed by atoms with Crippen LogP contribution in [0.15, 0.2) is 42.7 Å². The standard InChI is InChI=1S/C29H35ClN10O4/c1-44-23-4-3-20(30)19-22(23)38-17-15-37(16-18-38)12-2-13-39(14-11-33-28-32-9-7-21(35-28)27(31)43)29-34-10-8-24(36-29)40-25(41)5-6-26(40)42/h3-4,7-10,19H,2,5-6,11-18H2,1H3,(H2,31,43)(H,32,33,35). The van der Waals surface area contributed by atoms with Crippen molar-refractivity contribution in [2.45, 2.75) is 19.3 Å². The van der Waals surface area contributed by atoms with Gasteiger partial charge in [-0.2, -0.15) is 4.98 Å². The van der Waals surface area contributed by atoms with Crippen molar-refractivity contribution in [1.29, 1.82) is 0 Å². The molecular weight excluding hydrogens is 588 g/mol. The maximum absolute atomic E-state index is 12.3. The lowest BCUT2D eigenvalue weighted by Gasteiger charge is -2.37. The fourth-order valence-electron chi connectivity index (χ4n) is 5.25. The van der Waals surface area contributed by atoms with Gasteiger partial charge in [-0.1, -0.05) is 11.6 Å². The summed E-state index contributed by atoms with van der Waals surface area (Å²) in [6, 6.07) is 8.67. The number of aromatic nitrogens is 4. The number of nitrogens with one attached hydrogen (secondary N) is 1. The highest BCUT2D eigenvalue weighted by Gasteiger charge is 2.32. The summed E-state index contributed by atoms with van der Waals surface area (Å²) >= 11 is 6.25. The van der Waals surface area contributed by atoms with Gasteiger partial charge in [0, 0.05) is 82.1 Å². The van der Waals surface area contributed by atoms with Crippen LogP contribution in [-0.2, 0) is 9.59 Å². The van der Waals surface area contributed by atoms with Crippen LogP contribution in [0.2, 0.25) is 5.02 Å². The largest absolute Gasteiger partial charge is 0.495 e. The molecule has 0 unspecified atom stereocenters. The zero-order valence-corrected chi connectivity index (χ0v) is 25.2. The van der Waals surface area contributed by atoms with Gasteiger partial charge in [0.1, 0.15) is 17.3 Å². The second-order valence-electron chi connectivity index (χ2n) is 10.4. The minimum atomic E-state index is -0.638. The Hall–Kier alpha value is -4.56. The number of amides is 3. The fraction of sp³-hybridized carbons (Fsp3) is 0.414. The molecule has 4 heterocycles. The van der Waals surface area contributed by atoms with Crippen LogP contribution in [0.5, 0.6) is 5.75 Å². The summed E-state index contributed by atoms with van der Waals surface area (Å²) in [5.41, 5.74) is 6.45. The molecule has 3 N–H and O–H groups in total. The summed E-state index contributed by atoms with van der Waals surface area (Å²) in [5, 5.41) is 3.79. The topological polar surface area (TPSA) is 163 Å². The number of hydrogen-bond donors (Lipinski definition) is 2. The van der Waals surface area contributed by atoms with E-state index in [9.17, 15) is 14.4 Å². The van der Waals surface area contributed by atoms with Crippen molar-refractivity contribution in [3.05, 3.63) is 53.4 Å². The summed E-state index contributed by atoms with van der Waals surface area (Å²) in [6.45, 7) is 5.82. The van der Waals surface area contributed by atoms with Gasteiger partial charge in [0.2, 0.25) is 23.7 Å². The Morgan fingerprint density at radius 2 is 1.77 bits per heavy atom. The fourth-order valence-corrected chi connectivity index (χ4v) is 5.42.